The third-order valence-corrected chi connectivity index (χ3v) is 3.20. The predicted octanol–water partition coefficient (Wildman–Crippen LogP) is 3.49. The van der Waals surface area contributed by atoms with Crippen molar-refractivity contribution >= 4 is 39.7 Å². The van der Waals surface area contributed by atoms with E-state index in [0.29, 0.717) is 5.56 Å². The van der Waals surface area contributed by atoms with E-state index in [0.717, 1.165) is 20.6 Å². The minimum absolute atomic E-state index is 0.625. The molecule has 0 saturated heterocycles. The van der Waals surface area contributed by atoms with Gasteiger partial charge in [0.1, 0.15) is 6.07 Å². The summed E-state index contributed by atoms with van der Waals surface area (Å²) in [7, 11) is 0. The number of nitrogens with zero attached hydrogens (tertiary/aromatic N) is 1. The molecule has 84 valence electrons. The van der Waals surface area contributed by atoms with E-state index in [1.165, 1.54) is 0 Å². The lowest BCUT2D eigenvalue weighted by Crippen LogP contribution is -1.96. The van der Waals surface area contributed by atoms with Crippen molar-refractivity contribution in [2.45, 2.75) is 0 Å². The first kappa shape index (κ1) is 11.7. The second kappa shape index (κ2) is 5.06. The second-order valence-electron chi connectivity index (χ2n) is 3.52. The van der Waals surface area contributed by atoms with Gasteiger partial charge in [0.05, 0.1) is 16.9 Å². The first-order valence-electron chi connectivity index (χ1n) is 5.02. The van der Waals surface area contributed by atoms with Crippen LogP contribution in [0.4, 0.5) is 17.1 Å². The molecule has 0 heterocycles. The number of nitrogen functional groups attached to an aromatic ring is 1. The molecule has 0 radical (unpaired) electrons. The Kier molecular flexibility index (Phi) is 3.49. The SMILES string of the molecule is N#Cc1ccccc1Nc1ccc(N)cc1I. The summed E-state index contributed by atoms with van der Waals surface area (Å²) in [4.78, 5) is 0. The molecule has 0 saturated carbocycles. The molecule has 2 aromatic rings. The van der Waals surface area contributed by atoms with Crippen LogP contribution in [0.3, 0.4) is 0 Å². The monoisotopic (exact) mass is 335 g/mol. The molecule has 0 aliphatic heterocycles. The van der Waals surface area contributed by atoms with Gasteiger partial charge in [-0.1, -0.05) is 12.1 Å². The van der Waals surface area contributed by atoms with Crippen molar-refractivity contribution < 1.29 is 0 Å². The van der Waals surface area contributed by atoms with E-state index in [4.69, 9.17) is 11.0 Å². The maximum absolute atomic E-state index is 9.00. The third kappa shape index (κ3) is 2.68. The minimum Gasteiger partial charge on any atom is -0.399 e. The van der Waals surface area contributed by atoms with Gasteiger partial charge in [0.25, 0.3) is 0 Å². The number of nitrogens with one attached hydrogen (secondary N) is 1. The summed E-state index contributed by atoms with van der Waals surface area (Å²) in [5.74, 6) is 0. The van der Waals surface area contributed by atoms with E-state index in [9.17, 15) is 0 Å². The third-order valence-electron chi connectivity index (χ3n) is 2.31. The van der Waals surface area contributed by atoms with Crippen LogP contribution in [0.5, 0.6) is 0 Å². The summed E-state index contributed by atoms with van der Waals surface area (Å²) in [5, 5.41) is 12.2. The fourth-order valence-corrected chi connectivity index (χ4v) is 2.14. The molecule has 2 aromatic carbocycles. The van der Waals surface area contributed by atoms with E-state index < -0.39 is 0 Å². The zero-order valence-electron chi connectivity index (χ0n) is 8.94. The molecule has 0 bridgehead atoms. The molecule has 2 rings (SSSR count). The van der Waals surface area contributed by atoms with Crippen molar-refractivity contribution in [2.24, 2.45) is 0 Å². The number of nitrogens with two attached hydrogens (primary N) is 1. The average molecular weight is 335 g/mol. The first-order chi connectivity index (χ1) is 8.20. The normalized spacial score (nSPS) is 9.65. The molecule has 4 heteroatoms. The zero-order chi connectivity index (χ0) is 12.3. The van der Waals surface area contributed by atoms with Crippen molar-refractivity contribution in [1.29, 1.82) is 5.26 Å². The van der Waals surface area contributed by atoms with E-state index >= 15 is 0 Å². The smallest absolute Gasteiger partial charge is 0.101 e. The number of benzene rings is 2. The summed E-state index contributed by atoms with van der Waals surface area (Å²) in [6, 6.07) is 15.2. The van der Waals surface area contributed by atoms with Gasteiger partial charge in [-0.25, -0.2) is 0 Å². The Morgan fingerprint density at radius 1 is 1.12 bits per heavy atom. The summed E-state index contributed by atoms with van der Waals surface area (Å²) in [6.07, 6.45) is 0. The van der Waals surface area contributed by atoms with Gasteiger partial charge in [-0.3, -0.25) is 0 Å². The standard InChI is InChI=1S/C13H10IN3/c14-11-7-10(16)5-6-13(11)17-12-4-2-1-3-9(12)8-15/h1-7,17H,16H2. The quantitative estimate of drug-likeness (QED) is 0.652. The van der Waals surface area contributed by atoms with Crippen molar-refractivity contribution in [1.82, 2.24) is 0 Å². The Bertz CT molecular complexity index is 587. The van der Waals surface area contributed by atoms with E-state index in [-0.39, 0.29) is 0 Å². The Hall–Kier alpha value is -1.74. The topological polar surface area (TPSA) is 61.8 Å². The highest BCUT2D eigenvalue weighted by molar-refractivity contribution is 14.1. The van der Waals surface area contributed by atoms with Crippen LogP contribution in [0.15, 0.2) is 42.5 Å². The summed E-state index contributed by atoms with van der Waals surface area (Å²) in [5.41, 5.74) is 8.80. The average Bonchev–Trinajstić information content (AvgIpc) is 2.33. The molecule has 0 atom stereocenters. The molecule has 3 N–H and O–H groups in total. The zero-order valence-corrected chi connectivity index (χ0v) is 11.1. The highest BCUT2D eigenvalue weighted by Crippen LogP contribution is 2.26. The van der Waals surface area contributed by atoms with Crippen molar-refractivity contribution in [3.05, 3.63) is 51.6 Å². The number of halogens is 1. The fourth-order valence-electron chi connectivity index (χ4n) is 1.47. The van der Waals surface area contributed by atoms with E-state index in [1.807, 2.05) is 36.4 Å². The number of anilines is 3. The Balaban J connectivity index is 2.35. The summed E-state index contributed by atoms with van der Waals surface area (Å²) in [6.45, 7) is 0. The molecule has 0 fully saturated rings. The summed E-state index contributed by atoms with van der Waals surface area (Å²) < 4.78 is 1.02. The molecular formula is C13H10IN3. The van der Waals surface area contributed by atoms with Gasteiger partial charge in [-0.15, -0.1) is 0 Å². The maximum Gasteiger partial charge on any atom is 0.101 e. The van der Waals surface area contributed by atoms with Gasteiger partial charge in [-0.05, 0) is 52.9 Å². The molecular weight excluding hydrogens is 325 g/mol. The highest BCUT2D eigenvalue weighted by atomic mass is 127. The van der Waals surface area contributed by atoms with Gasteiger partial charge >= 0.3 is 0 Å². The molecule has 3 nitrogen and oxygen atoms in total. The predicted molar refractivity (Wildman–Crippen MR) is 78.0 cm³/mol. The fraction of sp³-hybridized carbons (Fsp3) is 0. The molecule has 0 aliphatic rings. The van der Waals surface area contributed by atoms with Crippen LogP contribution in [0, 0.1) is 14.9 Å². The van der Waals surface area contributed by atoms with Crippen LogP contribution in [-0.4, -0.2) is 0 Å². The molecule has 0 aliphatic carbocycles. The van der Waals surface area contributed by atoms with Crippen LogP contribution in [0.2, 0.25) is 0 Å². The lowest BCUT2D eigenvalue weighted by Gasteiger charge is -2.10. The maximum atomic E-state index is 9.00. The van der Waals surface area contributed by atoms with Crippen LogP contribution >= 0.6 is 22.6 Å². The number of hydrogen-bond acceptors (Lipinski definition) is 3. The van der Waals surface area contributed by atoms with E-state index in [1.54, 1.807) is 6.07 Å². The Morgan fingerprint density at radius 3 is 2.59 bits per heavy atom. The van der Waals surface area contributed by atoms with Gasteiger partial charge in [-0.2, -0.15) is 5.26 Å². The lowest BCUT2D eigenvalue weighted by atomic mass is 10.2. The number of para-hydroxylation sites is 1. The van der Waals surface area contributed by atoms with Gasteiger partial charge < -0.3 is 11.1 Å². The molecule has 0 aromatic heterocycles. The van der Waals surface area contributed by atoms with Gasteiger partial charge in [0, 0.05) is 9.26 Å². The molecule has 0 unspecified atom stereocenters. The highest BCUT2D eigenvalue weighted by Gasteiger charge is 2.04. The number of nitriles is 1. The first-order valence-corrected chi connectivity index (χ1v) is 6.10. The largest absolute Gasteiger partial charge is 0.399 e. The Labute approximate surface area is 113 Å². The van der Waals surface area contributed by atoms with Crippen LogP contribution in [-0.2, 0) is 0 Å². The second-order valence-corrected chi connectivity index (χ2v) is 4.68. The van der Waals surface area contributed by atoms with Crippen molar-refractivity contribution in [3.8, 4) is 6.07 Å². The molecule has 0 spiro atoms. The van der Waals surface area contributed by atoms with Gasteiger partial charge in [0.2, 0.25) is 0 Å². The Morgan fingerprint density at radius 2 is 1.88 bits per heavy atom. The van der Waals surface area contributed by atoms with Crippen LogP contribution in [0.25, 0.3) is 0 Å². The van der Waals surface area contributed by atoms with Crippen molar-refractivity contribution in [2.75, 3.05) is 11.1 Å². The summed E-state index contributed by atoms with van der Waals surface area (Å²) >= 11 is 2.21. The van der Waals surface area contributed by atoms with Crippen molar-refractivity contribution in [3.63, 3.8) is 0 Å². The molecule has 0 amide bonds. The van der Waals surface area contributed by atoms with Gasteiger partial charge in [0.15, 0.2) is 0 Å². The van der Waals surface area contributed by atoms with E-state index in [2.05, 4.69) is 34.0 Å². The number of hydrogen-bond donors (Lipinski definition) is 2. The minimum atomic E-state index is 0.625. The molecule has 17 heavy (non-hydrogen) atoms. The lowest BCUT2D eigenvalue weighted by molar-refractivity contribution is 1.45. The van der Waals surface area contributed by atoms with Crippen LogP contribution < -0.4 is 11.1 Å². The van der Waals surface area contributed by atoms with Crippen LogP contribution in [0.1, 0.15) is 5.56 Å². The number of rotatable bonds is 2.